The Morgan fingerprint density at radius 2 is 1.75 bits per heavy atom. The summed E-state index contributed by atoms with van der Waals surface area (Å²) in [6.07, 6.45) is 1.41. The van der Waals surface area contributed by atoms with Gasteiger partial charge in [0, 0.05) is 19.4 Å². The molecule has 20 heavy (non-hydrogen) atoms. The van der Waals surface area contributed by atoms with Gasteiger partial charge in [-0.05, 0) is 29.7 Å². The first-order valence-corrected chi connectivity index (χ1v) is 6.89. The minimum atomic E-state index is -0.0546. The first kappa shape index (κ1) is 14.3. The van der Waals surface area contributed by atoms with Crippen LogP contribution < -0.4 is 5.32 Å². The summed E-state index contributed by atoms with van der Waals surface area (Å²) in [4.78, 5) is 22.3. The first-order chi connectivity index (χ1) is 9.65. The molecule has 0 aliphatic heterocycles. The smallest absolute Gasteiger partial charge is 0.220 e. The lowest BCUT2D eigenvalue weighted by molar-refractivity contribution is -0.124. The maximum atomic E-state index is 11.5. The molecule has 0 atom stereocenters. The van der Waals surface area contributed by atoms with E-state index in [4.69, 9.17) is 0 Å². The molecule has 1 amide bonds. The molecule has 0 aliphatic rings. The van der Waals surface area contributed by atoms with Gasteiger partial charge < -0.3 is 10.1 Å². The number of fused-ring (bicyclic) bond motifs is 1. The quantitative estimate of drug-likeness (QED) is 0.876. The fourth-order valence-electron chi connectivity index (χ4n) is 2.12. The fourth-order valence-corrected chi connectivity index (χ4v) is 2.12. The van der Waals surface area contributed by atoms with Crippen molar-refractivity contribution in [3.8, 4) is 0 Å². The average molecular weight is 269 g/mol. The van der Waals surface area contributed by atoms with E-state index >= 15 is 0 Å². The minimum absolute atomic E-state index is 0.0506. The Balaban J connectivity index is 1.83. The third kappa shape index (κ3) is 4.19. The molecule has 0 unspecified atom stereocenters. The Hall–Kier alpha value is -2.16. The predicted octanol–water partition coefficient (Wildman–Crippen LogP) is 2.87. The van der Waals surface area contributed by atoms with Gasteiger partial charge in [-0.2, -0.15) is 0 Å². The number of nitrogens with one attached hydrogen (secondary N) is 1. The molecule has 0 aromatic heterocycles. The van der Waals surface area contributed by atoms with E-state index < -0.39 is 0 Å². The number of hydrogen-bond acceptors (Lipinski definition) is 2. The van der Waals surface area contributed by atoms with Crippen molar-refractivity contribution in [2.45, 2.75) is 26.2 Å². The van der Waals surface area contributed by atoms with Crippen molar-refractivity contribution in [2.75, 3.05) is 6.54 Å². The monoisotopic (exact) mass is 269 g/mol. The van der Waals surface area contributed by atoms with Crippen LogP contribution in [-0.4, -0.2) is 18.2 Å². The molecule has 0 fully saturated rings. The van der Waals surface area contributed by atoms with E-state index in [0.717, 1.165) is 6.42 Å². The molecule has 0 spiro atoms. The third-order valence-corrected chi connectivity index (χ3v) is 3.25. The number of carbonyl (C=O) groups excluding carboxylic acids is 2. The van der Waals surface area contributed by atoms with Crippen LogP contribution in [0.5, 0.6) is 0 Å². The second-order valence-electron chi connectivity index (χ2n) is 4.98. The van der Waals surface area contributed by atoms with E-state index in [1.807, 2.05) is 12.1 Å². The van der Waals surface area contributed by atoms with Gasteiger partial charge in [0.15, 0.2) is 0 Å². The number of rotatable bonds is 6. The lowest BCUT2D eigenvalue weighted by Crippen LogP contribution is -2.25. The predicted molar refractivity (Wildman–Crippen MR) is 80.6 cm³/mol. The van der Waals surface area contributed by atoms with Crippen LogP contribution in [0, 0.1) is 0 Å². The number of amides is 1. The summed E-state index contributed by atoms with van der Waals surface area (Å²) in [6, 6.07) is 14.6. The van der Waals surface area contributed by atoms with E-state index in [2.05, 4.69) is 35.6 Å². The van der Waals surface area contributed by atoms with Gasteiger partial charge in [-0.1, -0.05) is 42.5 Å². The number of carbonyl (C=O) groups is 2. The summed E-state index contributed by atoms with van der Waals surface area (Å²) in [5.74, 6) is -0.00401. The number of Topliss-reactive ketones (excluding diaryl/α,β-unsaturated/α-hetero) is 1. The van der Waals surface area contributed by atoms with Crippen molar-refractivity contribution in [2.24, 2.45) is 0 Å². The van der Waals surface area contributed by atoms with Crippen LogP contribution in [0.4, 0.5) is 0 Å². The highest BCUT2D eigenvalue weighted by Gasteiger charge is 2.03. The van der Waals surface area contributed by atoms with Crippen molar-refractivity contribution in [3.05, 3.63) is 48.0 Å². The number of ketones is 1. The largest absolute Gasteiger partial charge is 0.356 e. The molecule has 3 nitrogen and oxygen atoms in total. The Morgan fingerprint density at radius 1 is 1.00 bits per heavy atom. The Labute approximate surface area is 119 Å². The highest BCUT2D eigenvalue weighted by atomic mass is 16.2. The fraction of sp³-hybridized carbons (Fsp3) is 0.294. The second-order valence-corrected chi connectivity index (χ2v) is 4.98. The Bertz CT molecular complexity index is 619. The molecular weight excluding hydrogens is 250 g/mol. The van der Waals surface area contributed by atoms with Crippen LogP contribution in [0.1, 0.15) is 25.3 Å². The van der Waals surface area contributed by atoms with Crippen molar-refractivity contribution >= 4 is 22.5 Å². The SMILES string of the molecule is CC(=O)CCC(=O)NCCc1ccc2ccccc2c1. The molecule has 2 aromatic carbocycles. The lowest BCUT2D eigenvalue weighted by Gasteiger charge is -2.06. The van der Waals surface area contributed by atoms with Crippen LogP contribution in [0.2, 0.25) is 0 Å². The van der Waals surface area contributed by atoms with E-state index in [0.29, 0.717) is 13.0 Å². The molecule has 1 N–H and O–H groups in total. The first-order valence-electron chi connectivity index (χ1n) is 6.89. The van der Waals surface area contributed by atoms with Crippen LogP contribution in [0.15, 0.2) is 42.5 Å². The van der Waals surface area contributed by atoms with Crippen LogP contribution in [0.25, 0.3) is 10.8 Å². The van der Waals surface area contributed by atoms with E-state index in [-0.39, 0.29) is 18.1 Å². The lowest BCUT2D eigenvalue weighted by atomic mass is 10.1. The van der Waals surface area contributed by atoms with Gasteiger partial charge in [-0.25, -0.2) is 0 Å². The topological polar surface area (TPSA) is 46.2 Å². The highest BCUT2D eigenvalue weighted by Crippen LogP contribution is 2.15. The third-order valence-electron chi connectivity index (χ3n) is 3.25. The van der Waals surface area contributed by atoms with Crippen molar-refractivity contribution in [3.63, 3.8) is 0 Å². The molecule has 0 aliphatic carbocycles. The van der Waals surface area contributed by atoms with Gasteiger partial charge in [-0.3, -0.25) is 4.79 Å². The van der Waals surface area contributed by atoms with Crippen molar-refractivity contribution in [1.82, 2.24) is 5.32 Å². The molecule has 0 heterocycles. The average Bonchev–Trinajstić information content (AvgIpc) is 2.45. The molecule has 0 saturated heterocycles. The molecule has 2 rings (SSSR count). The van der Waals surface area contributed by atoms with E-state index in [1.165, 1.54) is 23.3 Å². The zero-order valence-electron chi connectivity index (χ0n) is 11.7. The molecular formula is C17H19NO2. The molecule has 0 radical (unpaired) electrons. The zero-order chi connectivity index (χ0) is 14.4. The second kappa shape index (κ2) is 6.85. The summed E-state index contributed by atoms with van der Waals surface area (Å²) in [5.41, 5.74) is 1.20. The van der Waals surface area contributed by atoms with Crippen LogP contribution >= 0.6 is 0 Å². The summed E-state index contributed by atoms with van der Waals surface area (Å²) < 4.78 is 0. The van der Waals surface area contributed by atoms with Gasteiger partial charge in [0.05, 0.1) is 0 Å². The summed E-state index contributed by atoms with van der Waals surface area (Å²) in [7, 11) is 0. The molecule has 0 saturated carbocycles. The minimum Gasteiger partial charge on any atom is -0.356 e. The molecule has 104 valence electrons. The van der Waals surface area contributed by atoms with Gasteiger partial charge in [0.25, 0.3) is 0 Å². The van der Waals surface area contributed by atoms with E-state index in [1.54, 1.807) is 0 Å². The standard InChI is InChI=1S/C17H19NO2/c1-13(19)6-9-17(20)18-11-10-14-7-8-15-4-2-3-5-16(15)12-14/h2-5,7-8,12H,6,9-11H2,1H3,(H,18,20). The van der Waals surface area contributed by atoms with Crippen LogP contribution in [-0.2, 0) is 16.0 Å². The van der Waals surface area contributed by atoms with Gasteiger partial charge >= 0.3 is 0 Å². The maximum Gasteiger partial charge on any atom is 0.220 e. The Kier molecular flexibility index (Phi) is 4.88. The molecule has 3 heteroatoms. The maximum absolute atomic E-state index is 11.5. The zero-order valence-corrected chi connectivity index (χ0v) is 11.7. The van der Waals surface area contributed by atoms with E-state index in [9.17, 15) is 9.59 Å². The molecule has 0 bridgehead atoms. The summed E-state index contributed by atoms with van der Waals surface area (Å²) in [6.45, 7) is 2.11. The van der Waals surface area contributed by atoms with Crippen molar-refractivity contribution < 1.29 is 9.59 Å². The number of hydrogen-bond donors (Lipinski definition) is 1. The molecule has 2 aromatic rings. The normalized spacial score (nSPS) is 10.4. The highest BCUT2D eigenvalue weighted by molar-refractivity contribution is 5.84. The van der Waals surface area contributed by atoms with Crippen LogP contribution in [0.3, 0.4) is 0 Å². The van der Waals surface area contributed by atoms with Gasteiger partial charge in [0.1, 0.15) is 5.78 Å². The van der Waals surface area contributed by atoms with Crippen molar-refractivity contribution in [1.29, 1.82) is 0 Å². The Morgan fingerprint density at radius 3 is 2.50 bits per heavy atom. The van der Waals surface area contributed by atoms with Gasteiger partial charge in [-0.15, -0.1) is 0 Å². The number of benzene rings is 2. The summed E-state index contributed by atoms with van der Waals surface area (Å²) in [5, 5.41) is 5.28. The van der Waals surface area contributed by atoms with Gasteiger partial charge in [0.2, 0.25) is 5.91 Å². The summed E-state index contributed by atoms with van der Waals surface area (Å²) >= 11 is 0.